The minimum atomic E-state index is 0.800. The maximum atomic E-state index is 5.53. The fraction of sp³-hybridized carbons (Fsp3) is 1.00. The van der Waals surface area contributed by atoms with Gasteiger partial charge in [-0.3, -0.25) is 0 Å². The van der Waals surface area contributed by atoms with Gasteiger partial charge in [-0.05, 0) is 69.4 Å². The van der Waals surface area contributed by atoms with E-state index in [4.69, 9.17) is 5.73 Å². The molecular weight excluding hydrogens is 184 g/mol. The lowest BCUT2D eigenvalue weighted by molar-refractivity contribution is 0.370. The summed E-state index contributed by atoms with van der Waals surface area (Å²) in [4.78, 5) is 0. The van der Waals surface area contributed by atoms with E-state index in [9.17, 15) is 0 Å². The molecule has 0 aliphatic heterocycles. The number of hydrogen-bond donors (Lipinski definition) is 2. The molecule has 3 N–H and O–H groups in total. The maximum absolute atomic E-state index is 5.53. The SMILES string of the molecule is CC(CCCN)CNC(C1CC1)C1CC1. The molecule has 2 aliphatic rings. The zero-order valence-electron chi connectivity index (χ0n) is 10.0. The lowest BCUT2D eigenvalue weighted by Gasteiger charge is -2.20. The molecule has 2 aliphatic carbocycles. The molecule has 0 amide bonds. The van der Waals surface area contributed by atoms with E-state index in [-0.39, 0.29) is 0 Å². The van der Waals surface area contributed by atoms with Crippen LogP contribution in [0.5, 0.6) is 0 Å². The zero-order valence-corrected chi connectivity index (χ0v) is 10.0. The van der Waals surface area contributed by atoms with Gasteiger partial charge in [-0.15, -0.1) is 0 Å². The Bertz CT molecular complexity index is 173. The highest BCUT2D eigenvalue weighted by atomic mass is 14.9. The topological polar surface area (TPSA) is 38.0 Å². The Balaban J connectivity index is 1.61. The summed E-state index contributed by atoms with van der Waals surface area (Å²) in [5, 5.41) is 3.81. The van der Waals surface area contributed by atoms with Crippen LogP contribution < -0.4 is 11.1 Å². The molecule has 0 aromatic carbocycles. The molecule has 0 bridgehead atoms. The van der Waals surface area contributed by atoms with E-state index in [0.717, 1.165) is 30.3 Å². The van der Waals surface area contributed by atoms with E-state index in [2.05, 4.69) is 12.2 Å². The lowest BCUT2D eigenvalue weighted by Crippen LogP contribution is -2.36. The van der Waals surface area contributed by atoms with Gasteiger partial charge in [-0.2, -0.15) is 0 Å². The Kier molecular flexibility index (Phi) is 4.04. The second kappa shape index (κ2) is 5.31. The van der Waals surface area contributed by atoms with Crippen LogP contribution in [0.3, 0.4) is 0 Å². The van der Waals surface area contributed by atoms with Crippen molar-refractivity contribution in [3.05, 3.63) is 0 Å². The van der Waals surface area contributed by atoms with Crippen LogP contribution in [0.25, 0.3) is 0 Å². The smallest absolute Gasteiger partial charge is 0.0124 e. The summed E-state index contributed by atoms with van der Waals surface area (Å²) in [6.45, 7) is 4.40. The van der Waals surface area contributed by atoms with E-state index >= 15 is 0 Å². The zero-order chi connectivity index (χ0) is 10.7. The number of hydrogen-bond acceptors (Lipinski definition) is 2. The number of rotatable bonds is 8. The van der Waals surface area contributed by atoms with Gasteiger partial charge in [-0.1, -0.05) is 6.92 Å². The molecule has 0 radical (unpaired) electrons. The minimum absolute atomic E-state index is 0.800. The van der Waals surface area contributed by atoms with Gasteiger partial charge in [0.25, 0.3) is 0 Å². The van der Waals surface area contributed by atoms with Gasteiger partial charge in [0.1, 0.15) is 0 Å². The number of nitrogens with two attached hydrogens (primary N) is 1. The summed E-state index contributed by atoms with van der Waals surface area (Å²) >= 11 is 0. The highest BCUT2D eigenvalue weighted by Gasteiger charge is 2.40. The molecule has 0 aromatic heterocycles. The molecule has 0 saturated heterocycles. The molecule has 0 spiro atoms. The van der Waals surface area contributed by atoms with Crippen molar-refractivity contribution in [2.45, 2.75) is 51.5 Å². The Morgan fingerprint density at radius 2 is 1.80 bits per heavy atom. The first-order chi connectivity index (χ1) is 7.31. The van der Waals surface area contributed by atoms with Crippen LogP contribution in [0.15, 0.2) is 0 Å². The standard InChI is InChI=1S/C13H26N2/c1-10(3-2-8-14)9-15-13(11-4-5-11)12-6-7-12/h10-13,15H,2-9,14H2,1H3. The van der Waals surface area contributed by atoms with Crippen LogP contribution >= 0.6 is 0 Å². The Labute approximate surface area is 94.0 Å². The third kappa shape index (κ3) is 3.76. The molecule has 2 nitrogen and oxygen atoms in total. The first-order valence-electron chi connectivity index (χ1n) is 6.74. The fourth-order valence-corrected chi connectivity index (χ4v) is 2.53. The number of nitrogens with one attached hydrogen (secondary N) is 1. The molecule has 2 heteroatoms. The molecule has 2 fully saturated rings. The van der Waals surface area contributed by atoms with Gasteiger partial charge in [0.05, 0.1) is 0 Å². The fourth-order valence-electron chi connectivity index (χ4n) is 2.53. The first kappa shape index (κ1) is 11.4. The van der Waals surface area contributed by atoms with Crippen molar-refractivity contribution in [1.82, 2.24) is 5.32 Å². The maximum Gasteiger partial charge on any atom is 0.0124 e. The first-order valence-corrected chi connectivity index (χ1v) is 6.74. The van der Waals surface area contributed by atoms with Crippen molar-refractivity contribution in [1.29, 1.82) is 0 Å². The molecule has 15 heavy (non-hydrogen) atoms. The Morgan fingerprint density at radius 1 is 1.20 bits per heavy atom. The monoisotopic (exact) mass is 210 g/mol. The summed E-state index contributed by atoms with van der Waals surface area (Å²) < 4.78 is 0. The van der Waals surface area contributed by atoms with E-state index in [1.54, 1.807) is 0 Å². The second-order valence-electron chi connectivity index (χ2n) is 5.64. The summed E-state index contributed by atoms with van der Waals surface area (Å²) in [6, 6.07) is 0.866. The van der Waals surface area contributed by atoms with Crippen LogP contribution in [0, 0.1) is 17.8 Å². The van der Waals surface area contributed by atoms with Crippen LogP contribution in [0.4, 0.5) is 0 Å². The average molecular weight is 210 g/mol. The van der Waals surface area contributed by atoms with Crippen LogP contribution in [-0.2, 0) is 0 Å². The molecular formula is C13H26N2. The highest BCUT2D eigenvalue weighted by Crippen LogP contribution is 2.44. The van der Waals surface area contributed by atoms with Crippen LogP contribution in [0.1, 0.15) is 45.4 Å². The quantitative estimate of drug-likeness (QED) is 0.644. The van der Waals surface area contributed by atoms with E-state index in [1.807, 2.05) is 0 Å². The average Bonchev–Trinajstić information content (AvgIpc) is 3.05. The third-order valence-electron chi connectivity index (χ3n) is 3.86. The van der Waals surface area contributed by atoms with Gasteiger partial charge in [0.2, 0.25) is 0 Å². The Morgan fingerprint density at radius 3 is 2.27 bits per heavy atom. The molecule has 1 atom stereocenters. The van der Waals surface area contributed by atoms with E-state index in [0.29, 0.717) is 0 Å². The normalized spacial score (nSPS) is 23.4. The molecule has 2 rings (SSSR count). The predicted molar refractivity (Wildman–Crippen MR) is 64.7 cm³/mol. The van der Waals surface area contributed by atoms with Crippen LogP contribution in [0.2, 0.25) is 0 Å². The largest absolute Gasteiger partial charge is 0.330 e. The van der Waals surface area contributed by atoms with E-state index in [1.165, 1.54) is 45.1 Å². The summed E-state index contributed by atoms with van der Waals surface area (Å²) in [6.07, 6.45) is 8.37. The van der Waals surface area contributed by atoms with Crippen molar-refractivity contribution >= 4 is 0 Å². The second-order valence-corrected chi connectivity index (χ2v) is 5.64. The summed E-state index contributed by atoms with van der Waals surface area (Å²) in [5.41, 5.74) is 5.53. The predicted octanol–water partition coefficient (Wildman–Crippen LogP) is 2.14. The summed E-state index contributed by atoms with van der Waals surface area (Å²) in [7, 11) is 0. The summed E-state index contributed by atoms with van der Waals surface area (Å²) in [5.74, 6) is 2.85. The van der Waals surface area contributed by atoms with Crippen molar-refractivity contribution in [2.24, 2.45) is 23.5 Å². The van der Waals surface area contributed by atoms with Crippen molar-refractivity contribution in [3.8, 4) is 0 Å². The molecule has 88 valence electrons. The van der Waals surface area contributed by atoms with Crippen molar-refractivity contribution in [3.63, 3.8) is 0 Å². The molecule has 1 unspecified atom stereocenters. The van der Waals surface area contributed by atoms with E-state index < -0.39 is 0 Å². The van der Waals surface area contributed by atoms with Gasteiger partial charge < -0.3 is 11.1 Å². The lowest BCUT2D eigenvalue weighted by atomic mass is 10.0. The van der Waals surface area contributed by atoms with Crippen molar-refractivity contribution in [2.75, 3.05) is 13.1 Å². The highest BCUT2D eigenvalue weighted by molar-refractivity contribution is 4.96. The molecule has 0 aromatic rings. The van der Waals surface area contributed by atoms with Gasteiger partial charge in [-0.25, -0.2) is 0 Å². The van der Waals surface area contributed by atoms with Crippen molar-refractivity contribution < 1.29 is 0 Å². The minimum Gasteiger partial charge on any atom is -0.330 e. The van der Waals surface area contributed by atoms with Gasteiger partial charge in [0, 0.05) is 6.04 Å². The van der Waals surface area contributed by atoms with Gasteiger partial charge >= 0.3 is 0 Å². The van der Waals surface area contributed by atoms with Crippen LogP contribution in [-0.4, -0.2) is 19.1 Å². The molecule has 2 saturated carbocycles. The third-order valence-corrected chi connectivity index (χ3v) is 3.86. The Hall–Kier alpha value is -0.0800. The molecule has 0 heterocycles. The van der Waals surface area contributed by atoms with Gasteiger partial charge in [0.15, 0.2) is 0 Å².